The molecule has 11 heteroatoms. The summed E-state index contributed by atoms with van der Waals surface area (Å²) in [6.45, 7) is 3.39. The Balaban J connectivity index is 1.99. The van der Waals surface area contributed by atoms with Crippen LogP contribution in [0, 0.1) is 11.3 Å². The normalized spacial score (nSPS) is 15.0. The van der Waals surface area contributed by atoms with Crippen LogP contribution >= 0.6 is 38.9 Å². The Kier molecular flexibility index (Phi) is 8.17. The minimum absolute atomic E-state index is 0.172. The van der Waals surface area contributed by atoms with Gasteiger partial charge in [0.15, 0.2) is 22.9 Å². The average Bonchev–Trinajstić information content (AvgIpc) is 3.17. The van der Waals surface area contributed by atoms with Crippen molar-refractivity contribution < 1.29 is 19.0 Å². The predicted octanol–water partition coefficient (Wildman–Crippen LogP) is 4.13. The van der Waals surface area contributed by atoms with Crippen molar-refractivity contribution in [2.24, 2.45) is 4.99 Å². The molecule has 8 nitrogen and oxygen atoms in total. The van der Waals surface area contributed by atoms with E-state index in [9.17, 15) is 9.59 Å². The zero-order valence-electron chi connectivity index (χ0n) is 20.1. The maximum absolute atomic E-state index is 13.8. The second-order valence-electron chi connectivity index (χ2n) is 7.80. The molecule has 0 saturated heterocycles. The van der Waals surface area contributed by atoms with E-state index in [1.54, 1.807) is 56.3 Å². The second kappa shape index (κ2) is 11.3. The van der Waals surface area contributed by atoms with Gasteiger partial charge in [0.25, 0.3) is 5.56 Å². The highest BCUT2D eigenvalue weighted by Crippen LogP contribution is 2.36. The van der Waals surface area contributed by atoms with Crippen molar-refractivity contribution in [2.75, 3.05) is 20.3 Å². The van der Waals surface area contributed by atoms with Gasteiger partial charge in [-0.15, -0.1) is 0 Å². The molecule has 0 N–H and O–H groups in total. The fourth-order valence-electron chi connectivity index (χ4n) is 4.03. The van der Waals surface area contributed by atoms with Gasteiger partial charge in [0.1, 0.15) is 12.1 Å². The van der Waals surface area contributed by atoms with Crippen LogP contribution in [0.4, 0.5) is 0 Å². The first-order chi connectivity index (χ1) is 17.8. The van der Waals surface area contributed by atoms with Gasteiger partial charge < -0.3 is 14.2 Å². The number of aromatic nitrogens is 1. The Hall–Kier alpha value is -3.39. The highest BCUT2D eigenvalue weighted by molar-refractivity contribution is 9.10. The van der Waals surface area contributed by atoms with E-state index in [2.05, 4.69) is 20.9 Å². The summed E-state index contributed by atoms with van der Waals surface area (Å²) in [6.07, 6.45) is 1.65. The van der Waals surface area contributed by atoms with E-state index in [1.165, 1.54) is 23.0 Å². The fourth-order valence-corrected chi connectivity index (χ4v) is 5.76. The molecule has 1 atom stereocenters. The lowest BCUT2D eigenvalue weighted by molar-refractivity contribution is -0.139. The lowest BCUT2D eigenvalue weighted by Gasteiger charge is -2.25. The van der Waals surface area contributed by atoms with Crippen LogP contribution in [-0.2, 0) is 9.53 Å². The number of thiazole rings is 1. The first-order valence-corrected chi connectivity index (χ1v) is 13.1. The number of nitrogens with zero attached hydrogens (tertiary/aromatic N) is 3. The third kappa shape index (κ3) is 5.21. The van der Waals surface area contributed by atoms with Crippen molar-refractivity contribution in [3.05, 3.63) is 88.0 Å². The van der Waals surface area contributed by atoms with Crippen LogP contribution in [0.25, 0.3) is 6.08 Å². The zero-order valence-corrected chi connectivity index (χ0v) is 23.2. The number of ether oxygens (including phenoxy) is 3. The molecular weight excluding hydrogens is 582 g/mol. The lowest BCUT2D eigenvalue weighted by atomic mass is 9.96. The lowest BCUT2D eigenvalue weighted by Crippen LogP contribution is -2.40. The Morgan fingerprint density at radius 3 is 2.78 bits per heavy atom. The largest absolute Gasteiger partial charge is 0.493 e. The van der Waals surface area contributed by atoms with Gasteiger partial charge in [-0.25, -0.2) is 9.79 Å². The number of fused-ring (bicyclic) bond motifs is 1. The summed E-state index contributed by atoms with van der Waals surface area (Å²) in [4.78, 5) is 31.8. The van der Waals surface area contributed by atoms with E-state index in [0.717, 1.165) is 0 Å². The van der Waals surface area contributed by atoms with Gasteiger partial charge in [-0.3, -0.25) is 9.36 Å². The van der Waals surface area contributed by atoms with Gasteiger partial charge in [0.2, 0.25) is 0 Å². The van der Waals surface area contributed by atoms with Gasteiger partial charge in [0, 0.05) is 15.1 Å². The molecule has 0 spiro atoms. The SMILES string of the molecule is CCOC(=O)C1=C(C)N=c2s/c(=C\c3cc(Br)cc(OC)c3OCC#N)c(=O)n2[C@@H]1c1ccccc1Cl. The van der Waals surface area contributed by atoms with Gasteiger partial charge in [-0.2, -0.15) is 5.26 Å². The molecule has 1 aliphatic rings. The molecule has 0 saturated carbocycles. The van der Waals surface area contributed by atoms with Crippen LogP contribution in [0.15, 0.2) is 61.9 Å². The number of esters is 1. The first kappa shape index (κ1) is 26.7. The van der Waals surface area contributed by atoms with Crippen molar-refractivity contribution >= 4 is 50.9 Å². The Morgan fingerprint density at radius 1 is 1.35 bits per heavy atom. The number of nitriles is 1. The number of methoxy groups -OCH3 is 1. The molecule has 37 heavy (non-hydrogen) atoms. The molecule has 3 aromatic rings. The van der Waals surface area contributed by atoms with Crippen LogP contribution < -0.4 is 24.4 Å². The smallest absolute Gasteiger partial charge is 0.338 e. The molecule has 0 radical (unpaired) electrons. The minimum Gasteiger partial charge on any atom is -0.493 e. The molecule has 0 unspecified atom stereocenters. The maximum Gasteiger partial charge on any atom is 0.338 e. The van der Waals surface area contributed by atoms with Gasteiger partial charge in [-0.05, 0) is 43.7 Å². The molecule has 4 rings (SSSR count). The summed E-state index contributed by atoms with van der Waals surface area (Å²) in [5.41, 5.74) is 1.43. The summed E-state index contributed by atoms with van der Waals surface area (Å²) in [5.74, 6) is 0.161. The quantitative estimate of drug-likeness (QED) is 0.377. The van der Waals surface area contributed by atoms with Crippen LogP contribution in [0.1, 0.15) is 31.0 Å². The number of carbonyl (C=O) groups excluding carboxylic acids is 1. The van der Waals surface area contributed by atoms with E-state index in [0.29, 0.717) is 47.2 Å². The molecular formula is C26H21BrClN3O5S. The van der Waals surface area contributed by atoms with Crippen LogP contribution in [0.3, 0.4) is 0 Å². The third-order valence-electron chi connectivity index (χ3n) is 5.55. The van der Waals surface area contributed by atoms with Crippen molar-refractivity contribution in [1.82, 2.24) is 4.57 Å². The summed E-state index contributed by atoms with van der Waals surface area (Å²) in [7, 11) is 1.49. The number of carbonyl (C=O) groups is 1. The van der Waals surface area contributed by atoms with Crippen LogP contribution in [-0.4, -0.2) is 30.9 Å². The standard InChI is InChI=1S/C26H21BrClN3O5S/c1-4-35-25(33)21-14(2)30-26-31(22(21)17-7-5-6-8-18(17)28)24(32)20(37-26)12-15-11-16(27)13-19(34-3)23(15)36-10-9-29/h5-8,11-13,22H,4,10H2,1-3H3/b20-12-/t22-/m1/s1. The Labute approximate surface area is 229 Å². The van der Waals surface area contributed by atoms with E-state index in [1.807, 2.05) is 6.07 Å². The molecule has 190 valence electrons. The molecule has 1 aliphatic heterocycles. The van der Waals surface area contributed by atoms with Crippen LogP contribution in [0.2, 0.25) is 5.02 Å². The molecule has 0 aliphatic carbocycles. The predicted molar refractivity (Wildman–Crippen MR) is 144 cm³/mol. The van der Waals surface area contributed by atoms with Gasteiger partial charge in [-0.1, -0.05) is 57.1 Å². The maximum atomic E-state index is 13.8. The Bertz CT molecular complexity index is 1640. The topological polar surface area (TPSA) is 103 Å². The van der Waals surface area contributed by atoms with Crippen molar-refractivity contribution in [2.45, 2.75) is 19.9 Å². The van der Waals surface area contributed by atoms with Crippen LogP contribution in [0.5, 0.6) is 11.5 Å². The van der Waals surface area contributed by atoms with Gasteiger partial charge >= 0.3 is 5.97 Å². The first-order valence-electron chi connectivity index (χ1n) is 11.1. The number of rotatable bonds is 7. The average molecular weight is 603 g/mol. The number of halogens is 2. The number of hydrogen-bond donors (Lipinski definition) is 0. The minimum atomic E-state index is -0.822. The summed E-state index contributed by atoms with van der Waals surface area (Å²) >= 11 is 11.2. The molecule has 0 fully saturated rings. The molecule has 1 aromatic heterocycles. The second-order valence-corrected chi connectivity index (χ2v) is 10.1. The van der Waals surface area contributed by atoms with Gasteiger partial charge in [0.05, 0.1) is 29.5 Å². The van der Waals surface area contributed by atoms with Crippen molar-refractivity contribution in [1.29, 1.82) is 5.26 Å². The number of hydrogen-bond acceptors (Lipinski definition) is 8. The highest BCUT2D eigenvalue weighted by atomic mass is 79.9. The Morgan fingerprint density at radius 2 is 2.11 bits per heavy atom. The van der Waals surface area contributed by atoms with Crippen molar-refractivity contribution in [3.63, 3.8) is 0 Å². The number of allylic oxidation sites excluding steroid dienone is 1. The monoisotopic (exact) mass is 601 g/mol. The van der Waals surface area contributed by atoms with E-state index in [-0.39, 0.29) is 24.3 Å². The fraction of sp³-hybridized carbons (Fsp3) is 0.231. The van der Waals surface area contributed by atoms with E-state index >= 15 is 0 Å². The third-order valence-corrected chi connectivity index (χ3v) is 7.34. The summed E-state index contributed by atoms with van der Waals surface area (Å²) in [6, 6.07) is 11.6. The molecule has 2 aromatic carbocycles. The number of benzene rings is 2. The highest BCUT2D eigenvalue weighted by Gasteiger charge is 2.34. The molecule has 0 bridgehead atoms. The summed E-state index contributed by atoms with van der Waals surface area (Å²) in [5, 5.41) is 9.43. The van der Waals surface area contributed by atoms with E-state index in [4.69, 9.17) is 31.1 Å². The zero-order chi connectivity index (χ0) is 26.7. The summed E-state index contributed by atoms with van der Waals surface area (Å²) < 4.78 is 18.9. The van der Waals surface area contributed by atoms with Crippen molar-refractivity contribution in [3.8, 4) is 17.6 Å². The molecule has 2 heterocycles. The molecule has 0 amide bonds. The van der Waals surface area contributed by atoms with E-state index < -0.39 is 12.0 Å².